The first-order chi connectivity index (χ1) is 17.0. The van der Waals surface area contributed by atoms with Crippen LogP contribution in [-0.2, 0) is 23.8 Å². The third-order valence-corrected chi connectivity index (χ3v) is 6.77. The van der Waals surface area contributed by atoms with Crippen LogP contribution in [0.5, 0.6) is 11.5 Å². The highest BCUT2D eigenvalue weighted by molar-refractivity contribution is 6.76. The van der Waals surface area contributed by atoms with Crippen LogP contribution in [0.1, 0.15) is 11.1 Å². The molecule has 0 spiro atoms. The van der Waals surface area contributed by atoms with Crippen LogP contribution in [0.4, 0.5) is 41.2 Å². The van der Waals surface area contributed by atoms with Gasteiger partial charge < -0.3 is 19.1 Å². The zero-order valence-corrected chi connectivity index (χ0v) is 20.7. The summed E-state index contributed by atoms with van der Waals surface area (Å²) < 4.78 is 109. The number of carboxylic acid groups (broad SMARTS) is 1. The van der Waals surface area contributed by atoms with E-state index in [9.17, 15) is 35.5 Å². The summed E-state index contributed by atoms with van der Waals surface area (Å²) in [6, 6.07) is 2.30. The molecule has 37 heavy (non-hydrogen) atoms. The number of amides is 1. The minimum Gasteiger partial charge on any atom is -0.465 e. The van der Waals surface area contributed by atoms with Crippen molar-refractivity contribution in [2.24, 2.45) is 0 Å². The lowest BCUT2D eigenvalue weighted by Gasteiger charge is -2.17. The summed E-state index contributed by atoms with van der Waals surface area (Å²) >= 11 is 0. The lowest BCUT2D eigenvalue weighted by atomic mass is 10.1. The molecule has 0 bridgehead atoms. The van der Waals surface area contributed by atoms with E-state index in [2.05, 4.69) is 24.6 Å². The Morgan fingerprint density at radius 2 is 1.76 bits per heavy atom. The van der Waals surface area contributed by atoms with Gasteiger partial charge in [-0.25, -0.2) is 14.2 Å². The predicted molar refractivity (Wildman–Crippen MR) is 122 cm³/mol. The normalized spacial score (nSPS) is 12.7. The van der Waals surface area contributed by atoms with Crippen molar-refractivity contribution in [2.45, 2.75) is 44.8 Å². The van der Waals surface area contributed by atoms with Crippen molar-refractivity contribution in [2.75, 3.05) is 11.9 Å². The average Bonchev–Trinajstić information content (AvgIpc) is 3.11. The van der Waals surface area contributed by atoms with Crippen LogP contribution in [-0.4, -0.2) is 35.4 Å². The number of hydrogen-bond acceptors (Lipinski definition) is 4. The van der Waals surface area contributed by atoms with Crippen LogP contribution in [0, 0.1) is 5.82 Å². The van der Waals surface area contributed by atoms with Crippen molar-refractivity contribution in [1.82, 2.24) is 9.55 Å². The minimum absolute atomic E-state index is 0.271. The molecule has 202 valence electrons. The van der Waals surface area contributed by atoms with Crippen molar-refractivity contribution in [1.29, 1.82) is 0 Å². The highest BCUT2D eigenvalue weighted by Gasteiger charge is 2.39. The molecule has 0 saturated carbocycles. The van der Waals surface area contributed by atoms with E-state index in [1.807, 2.05) is 0 Å². The summed E-state index contributed by atoms with van der Waals surface area (Å²) in [6.07, 6.45) is -10.2. The smallest absolute Gasteiger partial charge is 0.420 e. The molecule has 2 heterocycles. The second kappa shape index (κ2) is 10.2. The summed E-state index contributed by atoms with van der Waals surface area (Å²) in [6.45, 7) is 6.24. The second-order valence-corrected chi connectivity index (χ2v) is 14.9. The van der Waals surface area contributed by atoms with Gasteiger partial charge in [0, 0.05) is 38.8 Å². The summed E-state index contributed by atoms with van der Waals surface area (Å²) in [5.41, 5.74) is -4.04. The Bertz CT molecular complexity index is 1300. The Labute approximate surface area is 206 Å². The van der Waals surface area contributed by atoms with Crippen LogP contribution in [0.15, 0.2) is 30.6 Å². The van der Waals surface area contributed by atoms with Gasteiger partial charge in [-0.2, -0.15) is 26.3 Å². The maximum Gasteiger partial charge on any atom is 0.420 e. The molecule has 0 fully saturated rings. The fourth-order valence-electron chi connectivity index (χ4n) is 3.34. The first-order valence-corrected chi connectivity index (χ1v) is 14.4. The lowest BCUT2D eigenvalue weighted by Crippen LogP contribution is -2.22. The van der Waals surface area contributed by atoms with Gasteiger partial charge >= 0.3 is 18.4 Å². The first-order valence-electron chi connectivity index (χ1n) is 10.7. The molecule has 15 heteroatoms. The van der Waals surface area contributed by atoms with Crippen LogP contribution >= 0.6 is 0 Å². The van der Waals surface area contributed by atoms with Crippen molar-refractivity contribution >= 4 is 30.9 Å². The highest BCUT2D eigenvalue weighted by atomic mass is 28.3. The van der Waals surface area contributed by atoms with E-state index in [1.165, 1.54) is 0 Å². The Balaban J connectivity index is 2.09. The number of fused-ring (bicyclic) bond motifs is 1. The number of pyridine rings is 1. The fourth-order valence-corrected chi connectivity index (χ4v) is 4.10. The monoisotopic (exact) mass is 553 g/mol. The van der Waals surface area contributed by atoms with E-state index in [-0.39, 0.29) is 25.1 Å². The fraction of sp³-hybridized carbons (Fsp3) is 0.364. The van der Waals surface area contributed by atoms with E-state index in [0.29, 0.717) is 12.3 Å². The van der Waals surface area contributed by atoms with Crippen molar-refractivity contribution in [3.05, 3.63) is 47.5 Å². The standard InChI is InChI=1S/C22H22F7N3O4Si/c1-37(2,3)7-6-35-11-32-10-14(22(27,28)29)17-16(4-5-30-19(17)32)36-18-13(21(24,25)26)8-12(9-15(18)23)31-20(33)34/h4-5,8-10,31H,6-7,11H2,1-3H3,(H,33,34). The van der Waals surface area contributed by atoms with Gasteiger partial charge in [-0.05, 0) is 18.2 Å². The Morgan fingerprint density at radius 3 is 2.32 bits per heavy atom. The number of nitrogens with one attached hydrogen (secondary N) is 1. The topological polar surface area (TPSA) is 85.6 Å². The molecule has 2 aromatic heterocycles. The Hall–Kier alpha value is -3.33. The summed E-state index contributed by atoms with van der Waals surface area (Å²) in [5.74, 6) is -3.81. The number of anilines is 1. The summed E-state index contributed by atoms with van der Waals surface area (Å²) in [5, 5.41) is 9.63. The number of nitrogens with zero attached hydrogens (tertiary/aromatic N) is 2. The van der Waals surface area contributed by atoms with Crippen LogP contribution < -0.4 is 10.1 Å². The molecule has 3 aromatic rings. The zero-order chi connectivity index (χ0) is 27.8. The molecular weight excluding hydrogens is 531 g/mol. The van der Waals surface area contributed by atoms with Crippen molar-refractivity contribution in [3.8, 4) is 11.5 Å². The number of halogens is 7. The van der Waals surface area contributed by atoms with Gasteiger partial charge in [-0.15, -0.1) is 0 Å². The summed E-state index contributed by atoms with van der Waals surface area (Å²) in [4.78, 5) is 14.7. The number of aromatic nitrogens is 2. The highest BCUT2D eigenvalue weighted by Crippen LogP contribution is 2.45. The minimum atomic E-state index is -5.23. The first kappa shape index (κ1) is 28.2. The number of rotatable bonds is 8. The quantitative estimate of drug-likeness (QED) is 0.172. The van der Waals surface area contributed by atoms with Crippen LogP contribution in [0.25, 0.3) is 11.0 Å². The van der Waals surface area contributed by atoms with Crippen molar-refractivity contribution < 1.29 is 50.1 Å². The van der Waals surface area contributed by atoms with E-state index >= 15 is 0 Å². The van der Waals surface area contributed by atoms with Gasteiger partial charge in [0.1, 0.15) is 23.7 Å². The van der Waals surface area contributed by atoms with Gasteiger partial charge in [-0.3, -0.25) is 5.32 Å². The lowest BCUT2D eigenvalue weighted by molar-refractivity contribution is -0.139. The summed E-state index contributed by atoms with van der Waals surface area (Å²) in [7, 11) is -1.48. The molecule has 1 aromatic carbocycles. The van der Waals surface area contributed by atoms with Gasteiger partial charge in [0.25, 0.3) is 0 Å². The molecular formula is C22H22F7N3O4Si. The average molecular weight is 554 g/mol. The van der Waals surface area contributed by atoms with Crippen LogP contribution in [0.3, 0.4) is 0 Å². The van der Waals surface area contributed by atoms with Gasteiger partial charge in [0.15, 0.2) is 11.6 Å². The molecule has 1 amide bonds. The van der Waals surface area contributed by atoms with E-state index < -0.39 is 66.0 Å². The molecule has 0 radical (unpaired) electrons. The zero-order valence-electron chi connectivity index (χ0n) is 19.7. The molecule has 0 unspecified atom stereocenters. The molecule has 7 nitrogen and oxygen atoms in total. The maximum absolute atomic E-state index is 14.7. The van der Waals surface area contributed by atoms with Gasteiger partial charge in [-0.1, -0.05) is 19.6 Å². The molecule has 0 aliphatic heterocycles. The molecule has 0 aliphatic carbocycles. The predicted octanol–water partition coefficient (Wildman–Crippen LogP) is 7.41. The number of carbonyl (C=O) groups is 1. The molecule has 3 rings (SSSR count). The Morgan fingerprint density at radius 1 is 1.11 bits per heavy atom. The van der Waals surface area contributed by atoms with Crippen LogP contribution in [0.2, 0.25) is 25.7 Å². The maximum atomic E-state index is 14.7. The van der Waals surface area contributed by atoms with E-state index in [1.54, 1.807) is 5.32 Å². The number of ether oxygens (including phenoxy) is 2. The second-order valence-electron chi connectivity index (χ2n) is 9.23. The Kier molecular flexibility index (Phi) is 7.79. The third-order valence-electron chi connectivity index (χ3n) is 5.06. The van der Waals surface area contributed by atoms with Gasteiger partial charge in [0.05, 0.1) is 10.9 Å². The van der Waals surface area contributed by atoms with E-state index in [4.69, 9.17) is 14.6 Å². The number of alkyl halides is 6. The largest absolute Gasteiger partial charge is 0.465 e. The van der Waals surface area contributed by atoms with Gasteiger partial charge in [0.2, 0.25) is 0 Å². The number of hydrogen-bond donors (Lipinski definition) is 2. The van der Waals surface area contributed by atoms with Crippen molar-refractivity contribution in [3.63, 3.8) is 0 Å². The molecule has 0 saturated heterocycles. The molecule has 0 aliphatic rings. The number of benzene rings is 1. The molecule has 0 atom stereocenters. The van der Waals surface area contributed by atoms with E-state index in [0.717, 1.165) is 22.9 Å². The third kappa shape index (κ3) is 6.91. The molecule has 2 N–H and O–H groups in total. The SMILES string of the molecule is C[Si](C)(C)CCOCn1cc(C(F)(F)F)c2c(Oc3c(F)cc(NC(=O)O)cc3C(F)(F)F)ccnc21.